The Kier molecular flexibility index (Phi) is 4.65. The van der Waals surface area contributed by atoms with Crippen molar-refractivity contribution in [3.05, 3.63) is 39.6 Å². The zero-order valence-electron chi connectivity index (χ0n) is 11.8. The topological polar surface area (TPSA) is 60.9 Å². The lowest BCUT2D eigenvalue weighted by atomic mass is 10.2. The minimum Gasteiger partial charge on any atom is -0.399 e. The van der Waals surface area contributed by atoms with Crippen molar-refractivity contribution in [1.82, 2.24) is 9.78 Å². The second-order valence-electron chi connectivity index (χ2n) is 4.68. The summed E-state index contributed by atoms with van der Waals surface area (Å²) in [5, 5.41) is 4.43. The molecule has 4 nitrogen and oxygen atoms in total. The van der Waals surface area contributed by atoms with Gasteiger partial charge in [-0.25, -0.2) is 0 Å². The molecule has 0 radical (unpaired) electrons. The van der Waals surface area contributed by atoms with Crippen LogP contribution in [0.1, 0.15) is 23.9 Å². The molecule has 0 fully saturated rings. The van der Waals surface area contributed by atoms with Crippen LogP contribution >= 0.6 is 15.9 Å². The Morgan fingerprint density at radius 2 is 2.10 bits per heavy atom. The second kappa shape index (κ2) is 6.10. The highest BCUT2D eigenvalue weighted by atomic mass is 79.9. The van der Waals surface area contributed by atoms with Gasteiger partial charge >= 0.3 is 0 Å². The first kappa shape index (κ1) is 15.3. The molecule has 0 saturated heterocycles. The predicted molar refractivity (Wildman–Crippen MR) is 86.0 cm³/mol. The van der Waals surface area contributed by atoms with E-state index < -0.39 is 10.8 Å². The lowest BCUT2D eigenvalue weighted by Gasteiger charge is -2.09. The monoisotopic (exact) mass is 355 g/mol. The molecule has 1 aromatic heterocycles. The number of aryl methyl sites for hydroxylation is 3. The molecule has 1 atom stereocenters. The zero-order chi connectivity index (χ0) is 14.9. The van der Waals surface area contributed by atoms with E-state index in [9.17, 15) is 4.21 Å². The van der Waals surface area contributed by atoms with Gasteiger partial charge in [-0.3, -0.25) is 8.89 Å². The van der Waals surface area contributed by atoms with Crippen LogP contribution in [-0.4, -0.2) is 14.0 Å². The van der Waals surface area contributed by atoms with E-state index in [-0.39, 0.29) is 0 Å². The van der Waals surface area contributed by atoms with E-state index in [1.54, 1.807) is 6.07 Å². The highest BCUT2D eigenvalue weighted by Crippen LogP contribution is 2.25. The van der Waals surface area contributed by atoms with Gasteiger partial charge in [-0.15, -0.1) is 0 Å². The summed E-state index contributed by atoms with van der Waals surface area (Å²) >= 11 is 3.54. The van der Waals surface area contributed by atoms with Gasteiger partial charge in [0.15, 0.2) is 0 Å². The lowest BCUT2D eigenvalue weighted by molar-refractivity contribution is 0.626. The maximum Gasteiger partial charge on any atom is 0.0739 e. The number of aromatic nitrogens is 2. The zero-order valence-corrected chi connectivity index (χ0v) is 14.2. The van der Waals surface area contributed by atoms with Gasteiger partial charge in [0.05, 0.1) is 32.4 Å². The summed E-state index contributed by atoms with van der Waals surface area (Å²) in [5.74, 6) is 0.444. The molecule has 2 N–H and O–H groups in total. The fourth-order valence-electron chi connectivity index (χ4n) is 2.14. The maximum absolute atomic E-state index is 12.6. The molecule has 0 amide bonds. The van der Waals surface area contributed by atoms with Crippen LogP contribution in [0.5, 0.6) is 0 Å². The minimum atomic E-state index is -1.11. The largest absolute Gasteiger partial charge is 0.399 e. The first-order valence-electron chi connectivity index (χ1n) is 6.40. The summed E-state index contributed by atoms with van der Waals surface area (Å²) < 4.78 is 15.4. The Hall–Kier alpha value is -1.14. The first-order chi connectivity index (χ1) is 9.43. The molecule has 0 bridgehead atoms. The number of nitrogens with zero attached hydrogens (tertiary/aromatic N) is 2. The summed E-state index contributed by atoms with van der Waals surface area (Å²) in [6, 6.07) is 5.48. The SMILES string of the molecule is CCn1nc(C)c(Br)c1CS(=O)c1ccc(N)cc1C. The molecule has 6 heteroatoms. The number of anilines is 1. The average Bonchev–Trinajstić information content (AvgIpc) is 2.66. The van der Waals surface area contributed by atoms with Crippen molar-refractivity contribution in [3.63, 3.8) is 0 Å². The van der Waals surface area contributed by atoms with Gasteiger partial charge in [0.25, 0.3) is 0 Å². The van der Waals surface area contributed by atoms with Crippen molar-refractivity contribution < 1.29 is 4.21 Å². The van der Waals surface area contributed by atoms with Crippen LogP contribution in [0.15, 0.2) is 27.6 Å². The Bertz CT molecular complexity index is 667. The average molecular weight is 356 g/mol. The van der Waals surface area contributed by atoms with Crippen molar-refractivity contribution in [2.75, 3.05) is 5.73 Å². The van der Waals surface area contributed by atoms with Crippen LogP contribution in [-0.2, 0) is 23.1 Å². The summed E-state index contributed by atoms with van der Waals surface area (Å²) in [6.45, 7) is 6.66. The van der Waals surface area contributed by atoms with E-state index >= 15 is 0 Å². The number of nitrogens with two attached hydrogens (primary N) is 1. The lowest BCUT2D eigenvalue weighted by Crippen LogP contribution is -2.07. The third-order valence-corrected chi connectivity index (χ3v) is 5.68. The molecule has 0 spiro atoms. The molecule has 0 saturated carbocycles. The van der Waals surface area contributed by atoms with Crippen molar-refractivity contribution in [3.8, 4) is 0 Å². The summed E-state index contributed by atoms with van der Waals surface area (Å²) in [7, 11) is -1.11. The summed E-state index contributed by atoms with van der Waals surface area (Å²) in [4.78, 5) is 0.826. The van der Waals surface area contributed by atoms with Gasteiger partial charge in [-0.05, 0) is 60.5 Å². The minimum absolute atomic E-state index is 0.444. The standard InChI is InChI=1S/C14H18BrN3OS/c1-4-18-12(14(15)10(3)17-18)8-20(19)13-6-5-11(16)7-9(13)2/h5-7H,4,8,16H2,1-3H3. The van der Waals surface area contributed by atoms with Crippen LogP contribution in [0.2, 0.25) is 0 Å². The van der Waals surface area contributed by atoms with Crippen LogP contribution in [0.3, 0.4) is 0 Å². The normalized spacial score (nSPS) is 12.6. The van der Waals surface area contributed by atoms with E-state index in [0.717, 1.165) is 32.9 Å². The number of rotatable bonds is 4. The number of hydrogen-bond acceptors (Lipinski definition) is 3. The van der Waals surface area contributed by atoms with E-state index in [1.807, 2.05) is 37.6 Å². The fraction of sp³-hybridized carbons (Fsp3) is 0.357. The maximum atomic E-state index is 12.6. The third kappa shape index (κ3) is 2.96. The highest BCUT2D eigenvalue weighted by Gasteiger charge is 2.16. The van der Waals surface area contributed by atoms with Crippen molar-refractivity contribution in [2.24, 2.45) is 0 Å². The van der Waals surface area contributed by atoms with Crippen LogP contribution in [0.25, 0.3) is 0 Å². The fourth-order valence-corrected chi connectivity index (χ4v) is 4.08. The molecule has 1 aromatic carbocycles. The summed E-state index contributed by atoms with van der Waals surface area (Å²) in [6.07, 6.45) is 0. The van der Waals surface area contributed by atoms with E-state index in [1.165, 1.54) is 0 Å². The van der Waals surface area contributed by atoms with Crippen molar-refractivity contribution >= 4 is 32.4 Å². The smallest absolute Gasteiger partial charge is 0.0739 e. The molecular formula is C14H18BrN3OS. The molecule has 1 unspecified atom stereocenters. The first-order valence-corrected chi connectivity index (χ1v) is 8.51. The van der Waals surface area contributed by atoms with Gasteiger partial charge in [-0.1, -0.05) is 0 Å². The van der Waals surface area contributed by atoms with E-state index in [2.05, 4.69) is 21.0 Å². The van der Waals surface area contributed by atoms with Gasteiger partial charge in [0.1, 0.15) is 0 Å². The van der Waals surface area contributed by atoms with Gasteiger partial charge < -0.3 is 5.73 Å². The van der Waals surface area contributed by atoms with E-state index in [0.29, 0.717) is 11.4 Å². The number of halogens is 1. The second-order valence-corrected chi connectivity index (χ2v) is 6.89. The van der Waals surface area contributed by atoms with Gasteiger partial charge in [0, 0.05) is 17.1 Å². The molecule has 2 aromatic rings. The Morgan fingerprint density at radius 3 is 2.70 bits per heavy atom. The Labute approximate surface area is 130 Å². The van der Waals surface area contributed by atoms with Crippen molar-refractivity contribution in [2.45, 2.75) is 38.0 Å². The molecule has 0 aliphatic carbocycles. The Morgan fingerprint density at radius 1 is 1.40 bits per heavy atom. The molecular weight excluding hydrogens is 338 g/mol. The third-order valence-electron chi connectivity index (χ3n) is 3.16. The van der Waals surface area contributed by atoms with Gasteiger partial charge in [0.2, 0.25) is 0 Å². The van der Waals surface area contributed by atoms with Crippen LogP contribution < -0.4 is 5.73 Å². The predicted octanol–water partition coefficient (Wildman–Crippen LogP) is 3.17. The molecule has 2 rings (SSSR count). The number of nitrogen functional groups attached to an aromatic ring is 1. The summed E-state index contributed by atoms with van der Waals surface area (Å²) in [5.41, 5.74) is 9.28. The highest BCUT2D eigenvalue weighted by molar-refractivity contribution is 9.10. The van der Waals surface area contributed by atoms with Crippen LogP contribution in [0, 0.1) is 13.8 Å². The number of hydrogen-bond donors (Lipinski definition) is 1. The Balaban J connectivity index is 2.32. The number of benzene rings is 1. The van der Waals surface area contributed by atoms with Crippen molar-refractivity contribution in [1.29, 1.82) is 0 Å². The quantitative estimate of drug-likeness (QED) is 0.856. The molecule has 1 heterocycles. The van der Waals surface area contributed by atoms with E-state index in [4.69, 9.17) is 5.73 Å². The molecule has 20 heavy (non-hydrogen) atoms. The van der Waals surface area contributed by atoms with Gasteiger partial charge in [-0.2, -0.15) is 5.10 Å². The van der Waals surface area contributed by atoms with Crippen LogP contribution in [0.4, 0.5) is 5.69 Å². The molecule has 0 aliphatic heterocycles. The molecule has 108 valence electrons. The molecule has 0 aliphatic rings.